The van der Waals surface area contributed by atoms with Gasteiger partial charge in [-0.3, -0.25) is 54.4 Å². The monoisotopic (exact) mass is 1980 g/mol. The van der Waals surface area contributed by atoms with Crippen LogP contribution in [0.15, 0.2) is 365 Å². The van der Waals surface area contributed by atoms with E-state index in [4.69, 9.17) is 16.6 Å². The molecule has 0 unspecified atom stereocenters. The van der Waals surface area contributed by atoms with Crippen molar-refractivity contribution in [2.75, 3.05) is 0 Å². The molecule has 6 aromatic carbocycles. The molecule has 10 aromatic heterocycles. The Morgan fingerprint density at radius 2 is 0.398 bits per heavy atom. The van der Waals surface area contributed by atoms with Gasteiger partial charge in [0, 0.05) is 152 Å². The third-order valence-electron chi connectivity index (χ3n) is 14.4. The Labute approximate surface area is 726 Å². The van der Waals surface area contributed by atoms with Crippen LogP contribution in [0.2, 0.25) is 0 Å². The first-order valence-electron chi connectivity index (χ1n) is 32.7. The molecule has 1 radical (unpaired) electrons. The van der Waals surface area contributed by atoms with Crippen LogP contribution in [-0.4, -0.2) is 84.3 Å². The molecular weight excluding hydrogens is 1920 g/mol. The van der Waals surface area contributed by atoms with Crippen molar-refractivity contribution in [3.05, 3.63) is 396 Å². The maximum atomic E-state index is 10.7. The minimum Gasteiger partial charge on any atom is -0.295 e. The van der Waals surface area contributed by atoms with Gasteiger partial charge in [-0.2, -0.15) is 21.6 Å². The Bertz CT molecular complexity index is 4400. The second-order valence-corrected chi connectivity index (χ2v) is 24.2. The standard InChI is InChI=1S/5C16H11N2.C6H5Se.CHF3O3S.BrH.FH.HI.5Ni/c5*1-3-10-17-15(8-1)13-6-5-7-14(12-13)16-9-2-4-11-18-16;7-6-4-2-1-3-5-6;2-1(3,4)8(5,6)7;;;;;;;;/h5*1-11H;1-5H;(H,5,6,7);3*1H;;;;;/q5*-1;;;;;;;;3*+1/p-3. The van der Waals surface area contributed by atoms with Gasteiger partial charge in [-0.15, -0.1) is 121 Å². The van der Waals surface area contributed by atoms with Gasteiger partial charge in [0.25, 0.3) is 0 Å². The summed E-state index contributed by atoms with van der Waals surface area (Å²) in [6.07, 6.45) is 17.9. The molecule has 0 aliphatic heterocycles. The van der Waals surface area contributed by atoms with Crippen LogP contribution in [0.4, 0.5) is 16.8 Å². The summed E-state index contributed by atoms with van der Waals surface area (Å²) in [4.78, 5) is 43.3. The molecule has 586 valence electrons. The van der Waals surface area contributed by atoms with E-state index < -0.39 is 15.6 Å². The predicted molar refractivity (Wildman–Crippen MR) is 432 cm³/mol. The molecule has 0 atom stereocenters. The molecule has 0 bridgehead atoms. The fourth-order valence-corrected chi connectivity index (χ4v) is 9.81. The number of aromatic nitrogens is 10. The predicted octanol–water partition coefficient (Wildman–Crippen LogP) is 21.1. The van der Waals surface area contributed by atoms with Crippen molar-refractivity contribution < 1.29 is 105 Å². The molecule has 26 heteroatoms. The van der Waals surface area contributed by atoms with Crippen LogP contribution in [0, 0.1) is 30.3 Å². The van der Waals surface area contributed by atoms with Crippen molar-refractivity contribution in [3.8, 4) is 113 Å². The molecule has 0 saturated carbocycles. The number of alkyl halides is 3. The van der Waals surface area contributed by atoms with Gasteiger partial charge in [0.05, 0.1) is 0 Å². The maximum absolute atomic E-state index is 10.7. The molecule has 113 heavy (non-hydrogen) atoms. The summed E-state index contributed by atoms with van der Waals surface area (Å²) in [5.41, 5.74) is 13.6. The zero-order chi connectivity index (χ0) is 79.2. The van der Waals surface area contributed by atoms with E-state index in [2.05, 4.69) is 152 Å². The smallest absolute Gasteiger partial charge is 0.0183 e. The van der Waals surface area contributed by atoms with Crippen LogP contribution < -0.4 is 4.46 Å². The molecule has 0 spiro atoms. The minimum atomic E-state index is -5.84. The summed E-state index contributed by atoms with van der Waals surface area (Å²) in [6.45, 7) is 0. The van der Waals surface area contributed by atoms with Crippen LogP contribution >= 0.6 is 34.7 Å². The van der Waals surface area contributed by atoms with Gasteiger partial charge in [0.15, 0.2) is 0 Å². The van der Waals surface area contributed by atoms with Crippen LogP contribution in [0.25, 0.3) is 113 Å². The Kier molecular flexibility index (Phi) is 44.7. The van der Waals surface area contributed by atoms with E-state index in [0.717, 1.165) is 113 Å². The zero-order valence-electron chi connectivity index (χ0n) is 58.5. The largest absolute Gasteiger partial charge is 0.295 e. The molecule has 10 heterocycles. The number of nitrogens with zero attached hydrogens (tertiary/aromatic N) is 10. The van der Waals surface area contributed by atoms with E-state index in [0.29, 0.717) is 0 Å². The first-order valence-corrected chi connectivity index (χ1v) is 41.0. The molecule has 0 aliphatic carbocycles. The maximum Gasteiger partial charge on any atom is 0.0183 e. The quantitative estimate of drug-likeness (QED) is 0.0341. The van der Waals surface area contributed by atoms with Crippen LogP contribution in [0.1, 0.15) is 0 Å². The van der Waals surface area contributed by atoms with E-state index in [9.17, 15) is 13.2 Å². The number of benzene rings is 6. The second-order valence-electron chi connectivity index (χ2n) is 21.8. The Morgan fingerprint density at radius 3 is 0.487 bits per heavy atom. The first kappa shape index (κ1) is 94.2. The normalized spacial score (nSPS) is 9.85. The molecule has 13 nitrogen and oxygen atoms in total. The summed E-state index contributed by atoms with van der Waals surface area (Å²) in [6, 6.07) is 116. The number of halogens is 6. The third-order valence-corrected chi connectivity index (χ3v) is 15.6. The number of hydrogen-bond donors (Lipinski definition) is 1. The number of rotatable bonds is 10. The molecule has 0 aliphatic rings. The van der Waals surface area contributed by atoms with Gasteiger partial charge in [0.2, 0.25) is 0 Å². The van der Waals surface area contributed by atoms with Crippen molar-refractivity contribution in [2.45, 2.75) is 5.51 Å². The molecule has 16 rings (SSSR count). The molecule has 1 N–H and O–H groups in total. The average molecular weight is 1980 g/mol. The summed E-state index contributed by atoms with van der Waals surface area (Å²) in [5.74, 6) is 0. The number of hydrogen-bond acceptors (Lipinski definition) is 12. The molecule has 16 aromatic rings. The summed E-state index contributed by atoms with van der Waals surface area (Å²) in [5, 5.41) is 0. The Morgan fingerprint density at radius 1 is 0.274 bits per heavy atom. The molecule has 0 amide bonds. The van der Waals surface area contributed by atoms with E-state index in [1.54, 1.807) is 82.5 Å². The topological polar surface area (TPSA) is 183 Å². The van der Waals surface area contributed by atoms with E-state index in [-0.39, 0.29) is 33.0 Å². The average Bonchev–Trinajstić information content (AvgIpc) is 0.865. The van der Waals surface area contributed by atoms with Gasteiger partial charge in [-0.25, -0.2) is 0 Å². The summed E-state index contributed by atoms with van der Waals surface area (Å²) in [7, 11) is -5.84. The van der Waals surface area contributed by atoms with Gasteiger partial charge in [-0.05, 0) is 60.7 Å². The zero-order valence-corrected chi connectivity index (χ0v) is 69.8. The van der Waals surface area contributed by atoms with Crippen molar-refractivity contribution in [1.29, 1.82) is 0 Å². The van der Waals surface area contributed by atoms with E-state index >= 15 is 0 Å². The SMILES string of the molecule is O=S(=O)(O)C(F)(F)F.[F][Ni].[Ni].[Ni].[Ni][Br].[Ni][I].[Se]c1ccccc1.[c-]1c(-c2ccccn2)cccc1-c1ccccn1.[c-]1c(-c2ccccn2)cccc1-c1ccccn1.[c-]1c(-c2ccccn2)cccc1-c1ccccn1.[c-]1c(-c2ccccn2)cccc1-c1ccccn1.[c-]1c(-c2ccccn2)cccc1-c1ccccn1. The third kappa shape index (κ3) is 32.9. The van der Waals surface area contributed by atoms with Crippen molar-refractivity contribution >= 4 is 65.3 Å². The van der Waals surface area contributed by atoms with Crippen molar-refractivity contribution in [3.63, 3.8) is 0 Å². The summed E-state index contributed by atoms with van der Waals surface area (Å²) < 4.78 is 67.9. The van der Waals surface area contributed by atoms with Gasteiger partial charge >= 0.3 is 147 Å². The van der Waals surface area contributed by atoms with E-state index in [1.807, 2.05) is 303 Å². The van der Waals surface area contributed by atoms with Crippen LogP contribution in [-0.2, 0) is 85.0 Å². The van der Waals surface area contributed by atoms with E-state index in [1.165, 1.54) is 4.46 Å². The fraction of sp³-hybridized carbons (Fsp3) is 0.0115. The minimum absolute atomic E-state index is 0. The van der Waals surface area contributed by atoms with Gasteiger partial charge in [-0.1, -0.05) is 177 Å². The molecule has 0 saturated heterocycles. The van der Waals surface area contributed by atoms with Crippen molar-refractivity contribution in [1.82, 2.24) is 49.8 Å². The van der Waals surface area contributed by atoms with Crippen LogP contribution in [0.5, 0.6) is 0 Å². The fourth-order valence-electron chi connectivity index (χ4n) is 9.48. The number of pyridine rings is 10. The molecular formula is C87H61BrF4IN10Ni5O3SSe-5. The first-order chi connectivity index (χ1) is 54.3. The van der Waals surface area contributed by atoms with Gasteiger partial charge in [0.1, 0.15) is 0 Å². The van der Waals surface area contributed by atoms with Crippen molar-refractivity contribution in [2.24, 2.45) is 0 Å². The van der Waals surface area contributed by atoms with Crippen LogP contribution in [0.3, 0.4) is 0 Å². The molecule has 0 fully saturated rings. The van der Waals surface area contributed by atoms with Gasteiger partial charge < -0.3 is 0 Å². The summed E-state index contributed by atoms with van der Waals surface area (Å²) >= 11 is 17.1. The Balaban J connectivity index is 0.000000236. The second kappa shape index (κ2) is 53.6. The Hall–Kier alpha value is -9.35.